The van der Waals surface area contributed by atoms with Gasteiger partial charge in [-0.3, -0.25) is 9.59 Å². The van der Waals surface area contributed by atoms with Crippen molar-refractivity contribution in [3.63, 3.8) is 0 Å². The number of allylic oxidation sites excluding steroid dienone is 4. The summed E-state index contributed by atoms with van der Waals surface area (Å²) in [5.41, 5.74) is 0. The average molecular weight is 987 g/mol. The highest BCUT2D eigenvalue weighted by Gasteiger charge is 2.20. The summed E-state index contributed by atoms with van der Waals surface area (Å²) in [5, 5.41) is 23.2. The first kappa shape index (κ1) is 68.3. The first-order valence-corrected chi connectivity index (χ1v) is 31.6. The lowest BCUT2D eigenvalue weighted by molar-refractivity contribution is -0.143. The molecule has 2 unspecified atom stereocenters. The Kier molecular flexibility index (Phi) is 58.5. The van der Waals surface area contributed by atoms with E-state index in [-0.39, 0.29) is 18.5 Å². The fourth-order valence-corrected chi connectivity index (χ4v) is 9.87. The molecule has 0 aromatic rings. The summed E-state index contributed by atoms with van der Waals surface area (Å²) in [6, 6.07) is -0.539. The Bertz CT molecular complexity index is 1090. The van der Waals surface area contributed by atoms with Crippen molar-refractivity contribution in [1.82, 2.24) is 5.32 Å². The van der Waals surface area contributed by atoms with Gasteiger partial charge in [-0.1, -0.05) is 282 Å². The largest absolute Gasteiger partial charge is 0.466 e. The lowest BCUT2D eigenvalue weighted by atomic mass is 10.0. The van der Waals surface area contributed by atoms with Crippen molar-refractivity contribution in [3.05, 3.63) is 24.3 Å². The Morgan fingerprint density at radius 3 is 1.01 bits per heavy atom. The third-order valence-corrected chi connectivity index (χ3v) is 14.7. The number of unbranched alkanes of at least 4 members (excludes halogenated alkanes) is 44. The molecule has 0 spiro atoms. The minimum absolute atomic E-state index is 0.00809. The molecular weight excluding hydrogens is 863 g/mol. The fourth-order valence-electron chi connectivity index (χ4n) is 9.87. The van der Waals surface area contributed by atoms with Gasteiger partial charge < -0.3 is 20.3 Å². The average Bonchev–Trinajstić information content (AvgIpc) is 3.36. The molecule has 0 fully saturated rings. The quantitative estimate of drug-likeness (QED) is 0.0321. The van der Waals surface area contributed by atoms with Crippen LogP contribution in [0.4, 0.5) is 0 Å². The van der Waals surface area contributed by atoms with Gasteiger partial charge in [0.1, 0.15) is 0 Å². The zero-order chi connectivity index (χ0) is 50.7. The van der Waals surface area contributed by atoms with Gasteiger partial charge in [-0.25, -0.2) is 0 Å². The molecular formula is C64H123NO5. The van der Waals surface area contributed by atoms with Gasteiger partial charge >= 0.3 is 5.97 Å². The van der Waals surface area contributed by atoms with Crippen LogP contribution < -0.4 is 5.32 Å². The van der Waals surface area contributed by atoms with Crippen molar-refractivity contribution in [2.45, 2.75) is 360 Å². The Balaban J connectivity index is 3.35. The van der Waals surface area contributed by atoms with Crippen molar-refractivity contribution in [3.8, 4) is 0 Å². The summed E-state index contributed by atoms with van der Waals surface area (Å²) >= 11 is 0. The highest BCUT2D eigenvalue weighted by molar-refractivity contribution is 5.76. The molecule has 3 N–H and O–H groups in total. The standard InChI is InChI=1S/C64H123NO5/c1-3-5-7-9-11-13-15-16-31-35-38-42-46-50-54-58-64(69)70-59-55-51-47-43-39-36-33-30-28-26-24-22-20-18-17-19-21-23-25-27-29-32-34-37-41-45-49-53-57-63(68)65-61(60-66)62(67)56-52-48-44-40-14-12-10-8-6-4-2/h16-18,31,61-62,66-67H,3-15,19-30,32-60H2,1-2H3,(H,65,68)/b18-17-,31-16-. The number of rotatable bonds is 59. The normalized spacial score (nSPS) is 12.7. The first-order chi connectivity index (χ1) is 34.5. The zero-order valence-electron chi connectivity index (χ0n) is 47.3. The Morgan fingerprint density at radius 2 is 0.671 bits per heavy atom. The van der Waals surface area contributed by atoms with Crippen molar-refractivity contribution in [1.29, 1.82) is 0 Å². The molecule has 0 aliphatic rings. The van der Waals surface area contributed by atoms with Crippen LogP contribution >= 0.6 is 0 Å². The van der Waals surface area contributed by atoms with Gasteiger partial charge in [-0.2, -0.15) is 0 Å². The van der Waals surface area contributed by atoms with Crippen LogP contribution in [-0.2, 0) is 14.3 Å². The second-order valence-corrected chi connectivity index (χ2v) is 21.7. The Morgan fingerprint density at radius 1 is 0.386 bits per heavy atom. The fraction of sp³-hybridized carbons (Fsp3) is 0.906. The van der Waals surface area contributed by atoms with E-state index in [0.29, 0.717) is 25.9 Å². The maximum absolute atomic E-state index is 12.4. The van der Waals surface area contributed by atoms with E-state index in [1.807, 2.05) is 0 Å². The van der Waals surface area contributed by atoms with Crippen LogP contribution in [0, 0.1) is 0 Å². The Hall–Kier alpha value is -1.66. The van der Waals surface area contributed by atoms with Crippen LogP contribution in [0.25, 0.3) is 0 Å². The van der Waals surface area contributed by atoms with Gasteiger partial charge in [0.15, 0.2) is 0 Å². The number of amides is 1. The molecule has 2 atom stereocenters. The third-order valence-electron chi connectivity index (χ3n) is 14.7. The topological polar surface area (TPSA) is 95.9 Å². The van der Waals surface area contributed by atoms with Crippen molar-refractivity contribution < 1.29 is 24.5 Å². The summed E-state index contributed by atoms with van der Waals surface area (Å²) in [6.45, 7) is 4.95. The summed E-state index contributed by atoms with van der Waals surface area (Å²) in [6.07, 6.45) is 73.5. The van der Waals surface area contributed by atoms with E-state index in [0.717, 1.165) is 44.9 Å². The number of aliphatic hydroxyl groups excluding tert-OH is 2. The minimum atomic E-state index is -0.662. The zero-order valence-corrected chi connectivity index (χ0v) is 47.3. The minimum Gasteiger partial charge on any atom is -0.466 e. The van der Waals surface area contributed by atoms with E-state index in [4.69, 9.17) is 4.74 Å². The summed E-state index contributed by atoms with van der Waals surface area (Å²) in [7, 11) is 0. The molecule has 0 saturated heterocycles. The van der Waals surface area contributed by atoms with E-state index in [2.05, 4.69) is 43.5 Å². The van der Waals surface area contributed by atoms with Crippen LogP contribution in [0.3, 0.4) is 0 Å². The number of ether oxygens (including phenoxy) is 1. The highest BCUT2D eigenvalue weighted by atomic mass is 16.5. The van der Waals surface area contributed by atoms with Gasteiger partial charge in [0, 0.05) is 12.8 Å². The van der Waals surface area contributed by atoms with Crippen molar-refractivity contribution in [2.75, 3.05) is 13.2 Å². The molecule has 0 radical (unpaired) electrons. The molecule has 0 heterocycles. The molecule has 6 nitrogen and oxygen atoms in total. The molecule has 0 aromatic carbocycles. The molecule has 0 aliphatic heterocycles. The number of carbonyl (C=O) groups is 2. The highest BCUT2D eigenvalue weighted by Crippen LogP contribution is 2.17. The van der Waals surface area contributed by atoms with Crippen molar-refractivity contribution >= 4 is 11.9 Å². The molecule has 0 saturated carbocycles. The second-order valence-electron chi connectivity index (χ2n) is 21.7. The van der Waals surface area contributed by atoms with Crippen LogP contribution in [0.5, 0.6) is 0 Å². The van der Waals surface area contributed by atoms with Crippen LogP contribution in [0.15, 0.2) is 24.3 Å². The van der Waals surface area contributed by atoms with Gasteiger partial charge in [0.05, 0.1) is 25.4 Å². The smallest absolute Gasteiger partial charge is 0.305 e. The van der Waals surface area contributed by atoms with E-state index >= 15 is 0 Å². The number of hydrogen-bond donors (Lipinski definition) is 3. The lowest BCUT2D eigenvalue weighted by Gasteiger charge is -2.22. The molecule has 0 aliphatic carbocycles. The number of hydrogen-bond acceptors (Lipinski definition) is 5. The number of esters is 1. The van der Waals surface area contributed by atoms with Gasteiger partial charge in [0.25, 0.3) is 0 Å². The van der Waals surface area contributed by atoms with Crippen LogP contribution in [-0.4, -0.2) is 47.4 Å². The molecule has 1 amide bonds. The van der Waals surface area contributed by atoms with E-state index < -0.39 is 12.1 Å². The van der Waals surface area contributed by atoms with Gasteiger partial charge in [-0.05, 0) is 77.0 Å². The summed E-state index contributed by atoms with van der Waals surface area (Å²) in [5.74, 6) is -0.0274. The van der Waals surface area contributed by atoms with Crippen LogP contribution in [0.1, 0.15) is 348 Å². The van der Waals surface area contributed by atoms with Crippen LogP contribution in [0.2, 0.25) is 0 Å². The maximum atomic E-state index is 12.4. The first-order valence-electron chi connectivity index (χ1n) is 31.6. The summed E-state index contributed by atoms with van der Waals surface area (Å²) < 4.78 is 5.48. The second kappa shape index (κ2) is 59.9. The van der Waals surface area contributed by atoms with E-state index in [1.165, 1.54) is 270 Å². The summed E-state index contributed by atoms with van der Waals surface area (Å²) in [4.78, 5) is 24.5. The molecule has 0 rings (SSSR count). The Labute approximate surface area is 437 Å². The van der Waals surface area contributed by atoms with E-state index in [1.54, 1.807) is 0 Å². The number of aliphatic hydroxyl groups is 2. The molecule has 0 aromatic heterocycles. The third kappa shape index (κ3) is 55.7. The SMILES string of the molecule is CCCCCCCC/C=C\CCCCCCCC(=O)OCCCCCCCCCCCCCC/C=C\CCCCCCCCCCCCCCC(=O)NC(CO)C(O)CCCCCCCCCCCC. The molecule has 6 heteroatoms. The maximum Gasteiger partial charge on any atom is 0.305 e. The van der Waals surface area contributed by atoms with Gasteiger partial charge in [0.2, 0.25) is 5.91 Å². The predicted molar refractivity (Wildman–Crippen MR) is 306 cm³/mol. The predicted octanol–water partition coefficient (Wildman–Crippen LogP) is 19.8. The molecule has 70 heavy (non-hydrogen) atoms. The van der Waals surface area contributed by atoms with Gasteiger partial charge in [-0.15, -0.1) is 0 Å². The molecule has 414 valence electrons. The van der Waals surface area contributed by atoms with Crippen molar-refractivity contribution in [2.24, 2.45) is 0 Å². The monoisotopic (exact) mass is 986 g/mol. The lowest BCUT2D eigenvalue weighted by Crippen LogP contribution is -2.45. The number of nitrogens with one attached hydrogen (secondary N) is 1. The van der Waals surface area contributed by atoms with E-state index in [9.17, 15) is 19.8 Å². The molecule has 0 bridgehead atoms. The number of carbonyl (C=O) groups excluding carboxylic acids is 2.